The van der Waals surface area contributed by atoms with Crippen LogP contribution in [-0.4, -0.2) is 29.8 Å². The Morgan fingerprint density at radius 3 is 1.50 bits per heavy atom. The first-order valence-corrected chi connectivity index (χ1v) is 11.4. The van der Waals surface area contributed by atoms with Crippen molar-refractivity contribution in [2.24, 2.45) is 0 Å². The molecule has 0 aliphatic carbocycles. The molecule has 0 aromatic heterocycles. The molecule has 0 amide bonds. The topological polar surface area (TPSA) is 61.4 Å². The minimum atomic E-state index is -0.715. The van der Waals surface area contributed by atoms with Gasteiger partial charge >= 0.3 is 5.97 Å². The molecule has 1 heterocycles. The van der Waals surface area contributed by atoms with Crippen molar-refractivity contribution in [1.29, 1.82) is 0 Å². The number of carboxylic acid groups (broad SMARTS) is 1. The third kappa shape index (κ3) is 11.9. The Morgan fingerprint density at radius 2 is 1.12 bits per heavy atom. The molecule has 26 heavy (non-hydrogen) atoms. The Hall–Kier alpha value is -0.610. The van der Waals surface area contributed by atoms with Crippen molar-refractivity contribution in [1.82, 2.24) is 10.6 Å². The maximum Gasteiger partial charge on any atom is 0.306 e. The number of rotatable bonds is 18. The molecule has 0 bridgehead atoms. The van der Waals surface area contributed by atoms with Gasteiger partial charge in [0.05, 0.1) is 12.1 Å². The summed E-state index contributed by atoms with van der Waals surface area (Å²) < 4.78 is 0. The number of carbonyl (C=O) groups is 1. The van der Waals surface area contributed by atoms with E-state index in [2.05, 4.69) is 17.6 Å². The number of aliphatic carboxylic acids is 1. The van der Waals surface area contributed by atoms with Gasteiger partial charge in [-0.3, -0.25) is 15.4 Å². The smallest absolute Gasteiger partial charge is 0.306 e. The van der Waals surface area contributed by atoms with Crippen LogP contribution >= 0.6 is 0 Å². The fraction of sp³-hybridized carbons (Fsp3) is 0.955. The highest BCUT2D eigenvalue weighted by Crippen LogP contribution is 2.20. The average molecular weight is 369 g/mol. The minimum Gasteiger partial charge on any atom is -0.481 e. The van der Waals surface area contributed by atoms with Crippen molar-refractivity contribution in [3.05, 3.63) is 0 Å². The predicted octanol–water partition coefficient (Wildman–Crippen LogP) is 5.61. The largest absolute Gasteiger partial charge is 0.481 e. The van der Waals surface area contributed by atoms with Crippen LogP contribution in [0.25, 0.3) is 0 Å². The lowest BCUT2D eigenvalue weighted by Gasteiger charge is -2.28. The van der Waals surface area contributed by atoms with Gasteiger partial charge in [0, 0.05) is 13.1 Å². The average Bonchev–Trinajstić information content (AvgIpc) is 3.06. The van der Waals surface area contributed by atoms with Crippen LogP contribution in [0.15, 0.2) is 0 Å². The van der Waals surface area contributed by atoms with E-state index in [4.69, 9.17) is 5.11 Å². The highest BCUT2D eigenvalue weighted by Gasteiger charge is 2.34. The molecule has 154 valence electrons. The van der Waals surface area contributed by atoms with Crippen LogP contribution in [0.5, 0.6) is 0 Å². The fourth-order valence-electron chi connectivity index (χ4n) is 4.11. The summed E-state index contributed by atoms with van der Waals surface area (Å²) >= 11 is 0. The van der Waals surface area contributed by atoms with Crippen LogP contribution in [0, 0.1) is 0 Å². The lowest BCUT2D eigenvalue weighted by atomic mass is 9.97. The van der Waals surface area contributed by atoms with Crippen molar-refractivity contribution in [3.63, 3.8) is 0 Å². The molecule has 4 nitrogen and oxygen atoms in total. The van der Waals surface area contributed by atoms with E-state index in [9.17, 15) is 4.79 Å². The molecule has 1 rings (SSSR count). The summed E-state index contributed by atoms with van der Waals surface area (Å²) in [6, 6.07) is 0. The van der Waals surface area contributed by atoms with Crippen molar-refractivity contribution in [2.75, 3.05) is 13.1 Å². The Bertz CT molecular complexity index is 341. The molecule has 0 atom stereocenters. The molecule has 1 fully saturated rings. The van der Waals surface area contributed by atoms with Crippen LogP contribution in [0.3, 0.4) is 0 Å². The molecule has 0 aromatic carbocycles. The molecule has 0 spiro atoms. The first kappa shape index (κ1) is 23.4. The molecule has 1 aliphatic rings. The highest BCUT2D eigenvalue weighted by atomic mass is 16.4. The first-order valence-electron chi connectivity index (χ1n) is 11.4. The van der Waals surface area contributed by atoms with Gasteiger partial charge in [-0.25, -0.2) is 0 Å². The Labute approximate surface area is 161 Å². The summed E-state index contributed by atoms with van der Waals surface area (Å²) in [4.78, 5) is 11.0. The van der Waals surface area contributed by atoms with E-state index in [1.165, 1.54) is 89.9 Å². The summed E-state index contributed by atoms with van der Waals surface area (Å²) in [7, 11) is 0. The second kappa shape index (κ2) is 15.4. The van der Waals surface area contributed by atoms with Gasteiger partial charge in [-0.2, -0.15) is 0 Å². The second-order valence-corrected chi connectivity index (χ2v) is 8.21. The molecule has 1 aliphatic heterocycles. The molecule has 0 aromatic rings. The molecule has 0 radical (unpaired) electrons. The van der Waals surface area contributed by atoms with E-state index in [0.717, 1.165) is 25.9 Å². The summed E-state index contributed by atoms with van der Waals surface area (Å²) in [5.74, 6) is -0.715. The van der Waals surface area contributed by atoms with Crippen LogP contribution in [-0.2, 0) is 4.79 Å². The van der Waals surface area contributed by atoms with Crippen LogP contribution in [0.4, 0.5) is 0 Å². The lowest BCUT2D eigenvalue weighted by Crippen LogP contribution is -2.50. The van der Waals surface area contributed by atoms with Crippen molar-refractivity contribution in [2.45, 2.75) is 122 Å². The number of unbranched alkanes of at least 4 members (excludes halogenated alkanes) is 14. The zero-order chi connectivity index (χ0) is 18.9. The molecular formula is C22H44N2O2. The van der Waals surface area contributed by atoms with Crippen molar-refractivity contribution >= 4 is 5.97 Å². The molecule has 3 N–H and O–H groups in total. The maximum atomic E-state index is 11.0. The number of carboxylic acids is 1. The van der Waals surface area contributed by atoms with Gasteiger partial charge in [-0.05, 0) is 6.42 Å². The normalized spacial score (nSPS) is 16.2. The van der Waals surface area contributed by atoms with E-state index in [-0.39, 0.29) is 12.1 Å². The molecule has 0 saturated carbocycles. The van der Waals surface area contributed by atoms with Crippen molar-refractivity contribution in [3.8, 4) is 0 Å². The first-order chi connectivity index (χ1) is 12.7. The van der Waals surface area contributed by atoms with Gasteiger partial charge in [0.1, 0.15) is 0 Å². The van der Waals surface area contributed by atoms with E-state index in [1.54, 1.807) is 0 Å². The van der Waals surface area contributed by atoms with Gasteiger partial charge in [0.15, 0.2) is 0 Å². The SMILES string of the molecule is CCCCCCCCCCCCCCCCCC1(CC(=O)O)NCCN1. The quantitative estimate of drug-likeness (QED) is 0.275. The van der Waals surface area contributed by atoms with E-state index < -0.39 is 5.97 Å². The monoisotopic (exact) mass is 368 g/mol. The number of hydrogen-bond donors (Lipinski definition) is 3. The lowest BCUT2D eigenvalue weighted by molar-refractivity contribution is -0.139. The van der Waals surface area contributed by atoms with Gasteiger partial charge < -0.3 is 5.11 Å². The summed E-state index contributed by atoms with van der Waals surface area (Å²) in [6.45, 7) is 4.04. The standard InChI is InChI=1S/C22H44N2O2/c1-2-3-4-5-6-7-8-9-10-11-12-13-14-15-16-17-22(20-21(25)26)23-18-19-24-22/h23-24H,2-20H2,1H3,(H,25,26). The van der Waals surface area contributed by atoms with E-state index in [1.807, 2.05) is 0 Å². The van der Waals surface area contributed by atoms with Gasteiger partial charge in [-0.15, -0.1) is 0 Å². The van der Waals surface area contributed by atoms with Gasteiger partial charge in [-0.1, -0.05) is 103 Å². The number of hydrogen-bond acceptors (Lipinski definition) is 3. The third-order valence-electron chi connectivity index (χ3n) is 5.71. The maximum absolute atomic E-state index is 11.0. The predicted molar refractivity (Wildman–Crippen MR) is 111 cm³/mol. The second-order valence-electron chi connectivity index (χ2n) is 8.21. The fourth-order valence-corrected chi connectivity index (χ4v) is 4.11. The van der Waals surface area contributed by atoms with Gasteiger partial charge in [0.2, 0.25) is 0 Å². The zero-order valence-electron chi connectivity index (χ0n) is 17.3. The van der Waals surface area contributed by atoms with Crippen LogP contribution in [0.1, 0.15) is 116 Å². The van der Waals surface area contributed by atoms with E-state index >= 15 is 0 Å². The summed E-state index contributed by atoms with van der Waals surface area (Å²) in [5, 5.41) is 15.8. The molecule has 0 unspecified atom stereocenters. The zero-order valence-corrected chi connectivity index (χ0v) is 17.3. The Kier molecular flexibility index (Phi) is 13.9. The van der Waals surface area contributed by atoms with Gasteiger partial charge in [0.25, 0.3) is 0 Å². The molecule has 1 saturated heterocycles. The molecule has 4 heteroatoms. The Morgan fingerprint density at radius 1 is 0.731 bits per heavy atom. The highest BCUT2D eigenvalue weighted by molar-refractivity contribution is 5.68. The number of nitrogens with one attached hydrogen (secondary N) is 2. The van der Waals surface area contributed by atoms with Crippen molar-refractivity contribution < 1.29 is 9.90 Å². The summed E-state index contributed by atoms with van der Waals surface area (Å²) in [5.41, 5.74) is -0.345. The van der Waals surface area contributed by atoms with Crippen LogP contribution < -0.4 is 10.6 Å². The van der Waals surface area contributed by atoms with E-state index in [0.29, 0.717) is 0 Å². The minimum absolute atomic E-state index is 0.186. The summed E-state index contributed by atoms with van der Waals surface area (Å²) in [6.07, 6.45) is 21.6. The third-order valence-corrected chi connectivity index (χ3v) is 5.71. The Balaban J connectivity index is 1.84. The molecular weight excluding hydrogens is 324 g/mol. The van der Waals surface area contributed by atoms with Crippen LogP contribution in [0.2, 0.25) is 0 Å².